The highest BCUT2D eigenvalue weighted by Gasteiger charge is 2.04. The van der Waals surface area contributed by atoms with Gasteiger partial charge >= 0.3 is 0 Å². The first-order valence-electron chi connectivity index (χ1n) is 7.24. The maximum atomic E-state index is 4.61. The van der Waals surface area contributed by atoms with Gasteiger partial charge in [-0.25, -0.2) is 9.97 Å². The number of thioether (sulfide) groups is 1. The maximum Gasteiger partial charge on any atom is 0.190 e. The summed E-state index contributed by atoms with van der Waals surface area (Å²) in [5, 5.41) is 4.14. The fraction of sp³-hybridized carbons (Fsp3) is 0.111. The Labute approximate surface area is 154 Å². The number of halogens is 1. The minimum Gasteiger partial charge on any atom is -0.340 e. The Morgan fingerprint density at radius 2 is 1.74 bits per heavy atom. The number of aromatic nitrogens is 2. The van der Waals surface area contributed by atoms with Gasteiger partial charge in [0.25, 0.3) is 0 Å². The third kappa shape index (κ3) is 4.94. The molecule has 0 atom stereocenters. The van der Waals surface area contributed by atoms with Crippen molar-refractivity contribution >= 4 is 45.9 Å². The molecule has 23 heavy (non-hydrogen) atoms. The summed E-state index contributed by atoms with van der Waals surface area (Å²) >= 11 is 3.95. The van der Waals surface area contributed by atoms with Crippen LogP contribution >= 0.6 is 34.4 Å². The predicted molar refractivity (Wildman–Crippen MR) is 105 cm³/mol. The van der Waals surface area contributed by atoms with Gasteiger partial charge in [-0.3, -0.25) is 0 Å². The number of nitrogens with zero attached hydrogens (tertiary/aromatic N) is 2. The van der Waals surface area contributed by atoms with Gasteiger partial charge < -0.3 is 5.32 Å². The molecular formula is C18H16IN3S. The Morgan fingerprint density at radius 1 is 1.00 bits per heavy atom. The Balaban J connectivity index is 1.72. The van der Waals surface area contributed by atoms with Crippen LogP contribution in [0.4, 0.5) is 11.5 Å². The van der Waals surface area contributed by atoms with E-state index in [1.54, 1.807) is 11.8 Å². The SMILES string of the molecule is Cc1cc(Nc2ccc(I)cc2)nc(SCc2ccccc2)n1. The van der Waals surface area contributed by atoms with Crippen molar-refractivity contribution < 1.29 is 0 Å². The van der Waals surface area contributed by atoms with E-state index in [9.17, 15) is 0 Å². The van der Waals surface area contributed by atoms with E-state index in [1.807, 2.05) is 19.1 Å². The second-order valence-corrected chi connectivity index (χ2v) is 7.27. The van der Waals surface area contributed by atoms with Crippen LogP contribution < -0.4 is 5.32 Å². The van der Waals surface area contributed by atoms with Gasteiger partial charge in [-0.05, 0) is 59.3 Å². The second-order valence-electron chi connectivity index (χ2n) is 5.08. The highest BCUT2D eigenvalue weighted by Crippen LogP contribution is 2.23. The van der Waals surface area contributed by atoms with E-state index >= 15 is 0 Å². The number of anilines is 2. The monoisotopic (exact) mass is 433 g/mol. The fourth-order valence-corrected chi connectivity index (χ4v) is 3.29. The Hall–Kier alpha value is -1.60. The van der Waals surface area contributed by atoms with Crippen LogP contribution in [-0.4, -0.2) is 9.97 Å². The molecule has 0 aliphatic rings. The molecule has 3 rings (SSSR count). The number of benzene rings is 2. The smallest absolute Gasteiger partial charge is 0.190 e. The number of rotatable bonds is 5. The molecule has 0 unspecified atom stereocenters. The molecule has 0 fully saturated rings. The first-order chi connectivity index (χ1) is 11.2. The molecule has 3 nitrogen and oxygen atoms in total. The molecule has 0 amide bonds. The molecule has 3 aromatic rings. The topological polar surface area (TPSA) is 37.8 Å². The molecule has 0 saturated heterocycles. The molecule has 0 aliphatic heterocycles. The third-order valence-electron chi connectivity index (χ3n) is 3.16. The van der Waals surface area contributed by atoms with E-state index in [2.05, 4.69) is 86.4 Å². The maximum absolute atomic E-state index is 4.61. The predicted octanol–water partition coefficient (Wildman–Crippen LogP) is 5.43. The van der Waals surface area contributed by atoms with Gasteiger partial charge in [0.15, 0.2) is 5.16 Å². The summed E-state index contributed by atoms with van der Waals surface area (Å²) in [6, 6.07) is 20.6. The molecule has 0 aliphatic carbocycles. The van der Waals surface area contributed by atoms with E-state index in [0.29, 0.717) is 0 Å². The fourth-order valence-electron chi connectivity index (χ4n) is 2.07. The lowest BCUT2D eigenvalue weighted by molar-refractivity contribution is 0.937. The molecule has 0 bridgehead atoms. The quantitative estimate of drug-likeness (QED) is 0.331. The van der Waals surface area contributed by atoms with E-state index in [1.165, 1.54) is 9.13 Å². The zero-order valence-electron chi connectivity index (χ0n) is 12.7. The summed E-state index contributed by atoms with van der Waals surface area (Å²) in [6.45, 7) is 1.99. The van der Waals surface area contributed by atoms with Crippen molar-refractivity contribution in [3.8, 4) is 0 Å². The van der Waals surface area contributed by atoms with Crippen LogP contribution in [-0.2, 0) is 5.75 Å². The highest BCUT2D eigenvalue weighted by molar-refractivity contribution is 14.1. The minimum absolute atomic E-state index is 0.793. The number of aryl methyl sites for hydroxylation is 1. The summed E-state index contributed by atoms with van der Waals surface area (Å²) in [5.74, 6) is 1.70. The molecule has 1 N–H and O–H groups in total. The first-order valence-corrected chi connectivity index (χ1v) is 9.30. The summed E-state index contributed by atoms with van der Waals surface area (Å²) in [7, 11) is 0. The average molecular weight is 433 g/mol. The van der Waals surface area contributed by atoms with Gasteiger partial charge in [-0.1, -0.05) is 42.1 Å². The number of hydrogen-bond acceptors (Lipinski definition) is 4. The molecular weight excluding hydrogens is 417 g/mol. The molecule has 0 saturated carbocycles. The highest BCUT2D eigenvalue weighted by atomic mass is 127. The van der Waals surface area contributed by atoms with Crippen molar-refractivity contribution in [3.05, 3.63) is 75.5 Å². The van der Waals surface area contributed by atoms with Crippen LogP contribution in [0.15, 0.2) is 65.8 Å². The molecule has 5 heteroatoms. The van der Waals surface area contributed by atoms with Crippen LogP contribution in [0.3, 0.4) is 0 Å². The zero-order valence-corrected chi connectivity index (χ0v) is 15.6. The van der Waals surface area contributed by atoms with E-state index in [4.69, 9.17) is 0 Å². The average Bonchev–Trinajstić information content (AvgIpc) is 2.56. The van der Waals surface area contributed by atoms with Crippen molar-refractivity contribution in [3.63, 3.8) is 0 Å². The van der Waals surface area contributed by atoms with Crippen molar-refractivity contribution in [2.75, 3.05) is 5.32 Å². The van der Waals surface area contributed by atoms with Gasteiger partial charge in [0.2, 0.25) is 0 Å². The van der Waals surface area contributed by atoms with Crippen LogP contribution in [0.2, 0.25) is 0 Å². The number of hydrogen-bond donors (Lipinski definition) is 1. The summed E-state index contributed by atoms with van der Waals surface area (Å²) in [5.41, 5.74) is 3.26. The Kier molecular flexibility index (Phi) is 5.51. The van der Waals surface area contributed by atoms with Crippen LogP contribution in [0.5, 0.6) is 0 Å². The second kappa shape index (κ2) is 7.79. The number of nitrogens with one attached hydrogen (secondary N) is 1. The van der Waals surface area contributed by atoms with E-state index < -0.39 is 0 Å². The van der Waals surface area contributed by atoms with Gasteiger partial charge in [-0.2, -0.15) is 0 Å². The third-order valence-corrected chi connectivity index (χ3v) is 4.80. The molecule has 0 radical (unpaired) electrons. The van der Waals surface area contributed by atoms with Crippen LogP contribution in [0, 0.1) is 10.5 Å². The van der Waals surface area contributed by atoms with Crippen molar-refractivity contribution in [2.24, 2.45) is 0 Å². The lowest BCUT2D eigenvalue weighted by Crippen LogP contribution is -1.98. The molecule has 116 valence electrons. The lowest BCUT2D eigenvalue weighted by atomic mass is 10.2. The Morgan fingerprint density at radius 3 is 2.48 bits per heavy atom. The van der Waals surface area contributed by atoms with Gasteiger partial charge in [0.1, 0.15) is 5.82 Å². The van der Waals surface area contributed by atoms with Crippen molar-refractivity contribution in [2.45, 2.75) is 17.8 Å². The summed E-state index contributed by atoms with van der Waals surface area (Å²) < 4.78 is 1.21. The van der Waals surface area contributed by atoms with Crippen LogP contribution in [0.1, 0.15) is 11.3 Å². The van der Waals surface area contributed by atoms with Crippen molar-refractivity contribution in [1.29, 1.82) is 0 Å². The lowest BCUT2D eigenvalue weighted by Gasteiger charge is -2.08. The zero-order chi connectivity index (χ0) is 16.1. The largest absolute Gasteiger partial charge is 0.340 e. The Bertz CT molecular complexity index is 776. The summed E-state index contributed by atoms with van der Waals surface area (Å²) in [6.07, 6.45) is 0. The van der Waals surface area contributed by atoms with Gasteiger partial charge in [-0.15, -0.1) is 0 Å². The summed E-state index contributed by atoms with van der Waals surface area (Å²) in [4.78, 5) is 9.12. The molecule has 1 heterocycles. The molecule has 0 spiro atoms. The van der Waals surface area contributed by atoms with Crippen molar-refractivity contribution in [1.82, 2.24) is 9.97 Å². The van der Waals surface area contributed by atoms with E-state index in [-0.39, 0.29) is 0 Å². The first kappa shape index (κ1) is 16.3. The normalized spacial score (nSPS) is 10.5. The molecule has 2 aromatic carbocycles. The standard InChI is InChI=1S/C18H16IN3S/c1-13-11-17(21-16-9-7-15(19)8-10-16)22-18(20-13)23-12-14-5-3-2-4-6-14/h2-11H,12H2,1H3,(H,20,21,22). The molecule has 1 aromatic heterocycles. The van der Waals surface area contributed by atoms with Crippen LogP contribution in [0.25, 0.3) is 0 Å². The van der Waals surface area contributed by atoms with Gasteiger partial charge in [0, 0.05) is 26.8 Å². The van der Waals surface area contributed by atoms with E-state index in [0.717, 1.165) is 28.1 Å². The minimum atomic E-state index is 0.793. The van der Waals surface area contributed by atoms with Gasteiger partial charge in [0.05, 0.1) is 0 Å².